The fourth-order valence-corrected chi connectivity index (χ4v) is 2.22. The number of para-hydroxylation sites is 1. The Balaban J connectivity index is 2.66. The van der Waals surface area contributed by atoms with Gasteiger partial charge in [-0.05, 0) is 24.1 Å². The molecule has 0 saturated carbocycles. The number of hydrogen-bond acceptors (Lipinski definition) is 3. The molecule has 0 amide bonds. The highest BCUT2D eigenvalue weighted by Crippen LogP contribution is 2.18. The van der Waals surface area contributed by atoms with Crippen molar-refractivity contribution in [3.8, 4) is 0 Å². The molecular formula is C11H12N2OS. The molecule has 1 heterocycles. The van der Waals surface area contributed by atoms with Crippen LogP contribution in [0.3, 0.4) is 0 Å². The third kappa shape index (κ3) is 2.04. The zero-order chi connectivity index (χ0) is 10.8. The lowest BCUT2D eigenvalue weighted by molar-refractivity contribution is 1.06. The highest BCUT2D eigenvalue weighted by Gasteiger charge is 2.04. The van der Waals surface area contributed by atoms with Crippen LogP contribution in [0.1, 0.15) is 13.8 Å². The molecule has 0 aliphatic heterocycles. The zero-order valence-electron chi connectivity index (χ0n) is 8.68. The summed E-state index contributed by atoms with van der Waals surface area (Å²) in [6.07, 6.45) is 1.59. The van der Waals surface area contributed by atoms with Crippen molar-refractivity contribution in [3.63, 3.8) is 0 Å². The summed E-state index contributed by atoms with van der Waals surface area (Å²) >= 11 is 1.65. The number of fused-ring (bicyclic) bond motifs is 1. The Morgan fingerprint density at radius 2 is 2.07 bits per heavy atom. The van der Waals surface area contributed by atoms with Gasteiger partial charge in [0.25, 0.3) is 5.56 Å². The molecule has 0 fully saturated rings. The quantitative estimate of drug-likeness (QED) is 0.779. The molecule has 2 rings (SSSR count). The van der Waals surface area contributed by atoms with Gasteiger partial charge in [0.05, 0.1) is 10.9 Å². The van der Waals surface area contributed by atoms with Crippen LogP contribution in [-0.4, -0.2) is 14.2 Å². The van der Waals surface area contributed by atoms with Gasteiger partial charge in [-0.1, -0.05) is 26.0 Å². The summed E-state index contributed by atoms with van der Waals surface area (Å²) in [5, 5.41) is 1.13. The van der Waals surface area contributed by atoms with Crippen molar-refractivity contribution in [1.82, 2.24) is 8.96 Å². The van der Waals surface area contributed by atoms with Crippen LogP contribution in [-0.2, 0) is 0 Å². The number of nitrogens with zero attached hydrogens (tertiary/aromatic N) is 2. The smallest absolute Gasteiger partial charge is 0.273 e. The number of benzene rings is 1. The third-order valence-corrected chi connectivity index (χ3v) is 2.92. The predicted octanol–water partition coefficient (Wildman–Crippen LogP) is 2.30. The van der Waals surface area contributed by atoms with E-state index in [1.54, 1.807) is 18.3 Å². The second-order valence-electron chi connectivity index (χ2n) is 3.55. The fourth-order valence-electron chi connectivity index (χ4n) is 1.39. The van der Waals surface area contributed by atoms with Crippen molar-refractivity contribution in [2.75, 3.05) is 0 Å². The van der Waals surface area contributed by atoms with E-state index in [-0.39, 0.29) is 5.56 Å². The van der Waals surface area contributed by atoms with Crippen molar-refractivity contribution in [1.29, 1.82) is 0 Å². The Labute approximate surface area is 92.3 Å². The third-order valence-electron chi connectivity index (χ3n) is 1.98. The van der Waals surface area contributed by atoms with Crippen molar-refractivity contribution < 1.29 is 0 Å². The predicted molar refractivity (Wildman–Crippen MR) is 64.1 cm³/mol. The maximum absolute atomic E-state index is 11.5. The number of hydrogen-bond donors (Lipinski definition) is 0. The first kappa shape index (κ1) is 10.2. The molecule has 2 aromatic rings. The molecule has 0 aliphatic carbocycles. The highest BCUT2D eigenvalue weighted by molar-refractivity contribution is 7.98. The SMILES string of the molecule is CC(C)Sn1cnc(=O)c2ccccc21. The topological polar surface area (TPSA) is 34.9 Å². The molecule has 0 spiro atoms. The van der Waals surface area contributed by atoms with Crippen molar-refractivity contribution in [2.45, 2.75) is 19.1 Å². The Kier molecular flexibility index (Phi) is 2.77. The largest absolute Gasteiger partial charge is 0.280 e. The summed E-state index contributed by atoms with van der Waals surface area (Å²) in [5.74, 6) is 0. The minimum atomic E-state index is -0.161. The lowest BCUT2D eigenvalue weighted by Crippen LogP contribution is -2.10. The van der Waals surface area contributed by atoms with E-state index in [9.17, 15) is 4.79 Å². The summed E-state index contributed by atoms with van der Waals surface area (Å²) in [5.41, 5.74) is 0.766. The van der Waals surface area contributed by atoms with E-state index in [2.05, 4.69) is 18.8 Å². The van der Waals surface area contributed by atoms with E-state index < -0.39 is 0 Å². The summed E-state index contributed by atoms with van der Waals surface area (Å²) in [7, 11) is 0. The van der Waals surface area contributed by atoms with Crippen LogP contribution in [0, 0.1) is 0 Å². The molecule has 78 valence electrons. The standard InChI is InChI=1S/C11H12N2OS/c1-8(2)15-13-7-12-11(14)9-5-3-4-6-10(9)13/h3-8H,1-2H3. The molecule has 0 N–H and O–H groups in total. The van der Waals surface area contributed by atoms with Crippen molar-refractivity contribution >= 4 is 22.9 Å². The van der Waals surface area contributed by atoms with Gasteiger partial charge >= 0.3 is 0 Å². The molecule has 15 heavy (non-hydrogen) atoms. The Morgan fingerprint density at radius 3 is 2.80 bits per heavy atom. The normalized spacial score (nSPS) is 11.1. The summed E-state index contributed by atoms with van der Waals surface area (Å²) in [6, 6.07) is 7.53. The minimum absolute atomic E-state index is 0.161. The lowest BCUT2D eigenvalue weighted by atomic mass is 10.2. The van der Waals surface area contributed by atoms with Gasteiger partial charge in [0.15, 0.2) is 0 Å². The molecule has 0 aliphatic rings. The van der Waals surface area contributed by atoms with Crippen molar-refractivity contribution in [3.05, 3.63) is 40.9 Å². The first-order chi connectivity index (χ1) is 7.18. The summed E-state index contributed by atoms with van der Waals surface area (Å²) in [6.45, 7) is 4.22. The van der Waals surface area contributed by atoms with E-state index in [0.717, 1.165) is 5.52 Å². The van der Waals surface area contributed by atoms with Crippen LogP contribution in [0.25, 0.3) is 10.9 Å². The van der Waals surface area contributed by atoms with Crippen LogP contribution in [0.2, 0.25) is 0 Å². The van der Waals surface area contributed by atoms with E-state index in [1.165, 1.54) is 0 Å². The minimum Gasteiger partial charge on any atom is -0.273 e. The molecule has 0 radical (unpaired) electrons. The number of rotatable bonds is 2. The Morgan fingerprint density at radius 1 is 1.33 bits per heavy atom. The van der Waals surface area contributed by atoms with E-state index in [0.29, 0.717) is 10.6 Å². The maximum Gasteiger partial charge on any atom is 0.280 e. The van der Waals surface area contributed by atoms with Gasteiger partial charge in [-0.2, -0.15) is 4.98 Å². The van der Waals surface area contributed by atoms with Gasteiger partial charge in [0.1, 0.15) is 6.33 Å². The molecule has 1 aromatic heterocycles. The van der Waals surface area contributed by atoms with Crippen LogP contribution >= 0.6 is 11.9 Å². The van der Waals surface area contributed by atoms with Gasteiger partial charge < -0.3 is 0 Å². The molecule has 0 unspecified atom stereocenters. The monoisotopic (exact) mass is 220 g/mol. The summed E-state index contributed by atoms with van der Waals surface area (Å²) < 4.78 is 1.95. The molecule has 3 nitrogen and oxygen atoms in total. The van der Waals surface area contributed by atoms with Gasteiger partial charge in [0.2, 0.25) is 0 Å². The molecule has 0 atom stereocenters. The van der Waals surface area contributed by atoms with Crippen LogP contribution in [0.5, 0.6) is 0 Å². The van der Waals surface area contributed by atoms with Crippen LogP contribution in [0.15, 0.2) is 35.4 Å². The van der Waals surface area contributed by atoms with Crippen LogP contribution < -0.4 is 5.56 Å². The van der Waals surface area contributed by atoms with E-state index in [1.807, 2.05) is 28.2 Å². The van der Waals surface area contributed by atoms with Crippen LogP contribution in [0.4, 0.5) is 0 Å². The summed E-state index contributed by atoms with van der Waals surface area (Å²) in [4.78, 5) is 15.3. The second kappa shape index (κ2) is 4.06. The van der Waals surface area contributed by atoms with Crippen molar-refractivity contribution in [2.24, 2.45) is 0 Å². The Hall–Kier alpha value is -1.29. The highest BCUT2D eigenvalue weighted by atomic mass is 32.2. The average Bonchev–Trinajstić information content (AvgIpc) is 2.22. The lowest BCUT2D eigenvalue weighted by Gasteiger charge is -2.10. The molecule has 0 saturated heterocycles. The fraction of sp³-hybridized carbons (Fsp3) is 0.273. The van der Waals surface area contributed by atoms with Gasteiger partial charge in [-0.15, -0.1) is 0 Å². The van der Waals surface area contributed by atoms with Gasteiger partial charge in [0, 0.05) is 5.25 Å². The van der Waals surface area contributed by atoms with Gasteiger partial charge in [-0.25, -0.2) is 0 Å². The molecule has 0 bridgehead atoms. The van der Waals surface area contributed by atoms with E-state index in [4.69, 9.17) is 0 Å². The zero-order valence-corrected chi connectivity index (χ0v) is 9.49. The average molecular weight is 220 g/mol. The molecular weight excluding hydrogens is 208 g/mol. The first-order valence-electron chi connectivity index (χ1n) is 4.82. The van der Waals surface area contributed by atoms with Gasteiger partial charge in [-0.3, -0.25) is 8.77 Å². The molecule has 4 heteroatoms. The number of aromatic nitrogens is 2. The maximum atomic E-state index is 11.5. The second-order valence-corrected chi connectivity index (χ2v) is 5.09. The first-order valence-corrected chi connectivity index (χ1v) is 5.65. The van der Waals surface area contributed by atoms with E-state index >= 15 is 0 Å². The Bertz CT molecular complexity index is 533. The molecule has 1 aromatic carbocycles.